The van der Waals surface area contributed by atoms with Crippen molar-refractivity contribution in [2.75, 3.05) is 6.61 Å². The van der Waals surface area contributed by atoms with E-state index in [1.165, 1.54) is 0 Å². The van der Waals surface area contributed by atoms with Gasteiger partial charge in [0.1, 0.15) is 6.10 Å². The van der Waals surface area contributed by atoms with Crippen molar-refractivity contribution in [2.24, 2.45) is 5.41 Å². The van der Waals surface area contributed by atoms with Crippen LogP contribution in [0, 0.1) is 5.41 Å². The molecule has 3 nitrogen and oxygen atoms in total. The molecule has 0 aromatic carbocycles. The Morgan fingerprint density at radius 1 is 1.57 bits per heavy atom. The van der Waals surface area contributed by atoms with Crippen LogP contribution in [0.4, 0.5) is 4.39 Å². The summed E-state index contributed by atoms with van der Waals surface area (Å²) in [5.41, 5.74) is -0.745. The Bertz CT molecular complexity index is 211. The predicted molar refractivity (Wildman–Crippen MR) is 54.9 cm³/mol. The van der Waals surface area contributed by atoms with E-state index in [1.54, 1.807) is 27.7 Å². The Balaban J connectivity index is 4.69. The number of carbonyl (C=O) groups is 1. The number of carbonyl (C=O) groups excluding carboxylic acids is 1. The zero-order chi connectivity index (χ0) is 11.6. The maximum atomic E-state index is 13.8. The molecule has 0 spiro atoms. The number of aliphatic hydroxyl groups excluding tert-OH is 1. The summed E-state index contributed by atoms with van der Waals surface area (Å²) in [6, 6.07) is 0. The Morgan fingerprint density at radius 2 is 2.00 bits per heavy atom. The highest BCUT2D eigenvalue weighted by Crippen LogP contribution is 2.36. The molecule has 0 aromatic heterocycles. The highest BCUT2D eigenvalue weighted by Gasteiger charge is 2.50. The average Bonchev–Trinajstić information content (AvgIpc) is 2.01. The molecule has 2 atom stereocenters. The van der Waals surface area contributed by atoms with Gasteiger partial charge in [0, 0.05) is 0 Å². The van der Waals surface area contributed by atoms with Crippen molar-refractivity contribution in [2.45, 2.75) is 38.4 Å². The van der Waals surface area contributed by atoms with E-state index >= 15 is 0 Å². The molecule has 0 aromatic rings. The van der Waals surface area contributed by atoms with Crippen LogP contribution in [0.1, 0.15) is 27.7 Å². The second-order valence-electron chi connectivity index (χ2n) is 4.11. The first-order chi connectivity index (χ1) is 6.14. The van der Waals surface area contributed by atoms with E-state index in [0.717, 1.165) is 0 Å². The zero-order valence-electron chi connectivity index (χ0n) is 8.80. The van der Waals surface area contributed by atoms with Crippen LogP contribution in [0.3, 0.4) is 0 Å². The quantitative estimate of drug-likeness (QED) is 0.631. The van der Waals surface area contributed by atoms with Gasteiger partial charge in [-0.05, 0) is 28.3 Å². The molecule has 0 saturated carbocycles. The minimum Gasteiger partial charge on any atom is -0.463 e. The lowest BCUT2D eigenvalue weighted by atomic mass is 9.86. The van der Waals surface area contributed by atoms with Crippen LogP contribution >= 0.6 is 15.9 Å². The SMILES string of the molecule is CCOC(=O)[C@](F)(Br)[C@H](O)C(C)(C)C. The van der Waals surface area contributed by atoms with Crippen molar-refractivity contribution in [3.8, 4) is 0 Å². The van der Waals surface area contributed by atoms with Crippen LogP contribution in [-0.2, 0) is 9.53 Å². The fourth-order valence-electron chi connectivity index (χ4n) is 0.883. The zero-order valence-corrected chi connectivity index (χ0v) is 10.4. The highest BCUT2D eigenvalue weighted by molar-refractivity contribution is 9.10. The number of ether oxygens (including phenoxy) is 1. The van der Waals surface area contributed by atoms with Gasteiger partial charge >= 0.3 is 5.97 Å². The largest absolute Gasteiger partial charge is 0.463 e. The summed E-state index contributed by atoms with van der Waals surface area (Å²) in [5.74, 6) is -1.09. The van der Waals surface area contributed by atoms with E-state index in [4.69, 9.17) is 0 Å². The van der Waals surface area contributed by atoms with Crippen molar-refractivity contribution in [3.63, 3.8) is 0 Å². The maximum absolute atomic E-state index is 13.8. The molecule has 84 valence electrons. The minimum atomic E-state index is -2.54. The molecule has 0 saturated heterocycles. The number of hydrogen-bond acceptors (Lipinski definition) is 3. The first kappa shape index (κ1) is 13.8. The molecule has 0 fully saturated rings. The summed E-state index contributed by atoms with van der Waals surface area (Å²) < 4.78 is 15.7. The van der Waals surface area contributed by atoms with Gasteiger partial charge in [0.2, 0.25) is 0 Å². The van der Waals surface area contributed by atoms with Crippen molar-refractivity contribution in [3.05, 3.63) is 0 Å². The van der Waals surface area contributed by atoms with Gasteiger partial charge in [-0.25, -0.2) is 9.18 Å². The standard InChI is InChI=1S/C9H16BrFO3/c1-5-14-7(13)9(10,11)6(12)8(2,3)4/h6,12H,5H2,1-4H3/t6-,9+/m1/s1. The summed E-state index contributed by atoms with van der Waals surface area (Å²) in [6.07, 6.45) is -1.46. The van der Waals surface area contributed by atoms with Crippen LogP contribution in [-0.4, -0.2) is 28.4 Å². The molecule has 1 N–H and O–H groups in total. The van der Waals surface area contributed by atoms with Crippen molar-refractivity contribution >= 4 is 21.9 Å². The van der Waals surface area contributed by atoms with Gasteiger partial charge in [0.25, 0.3) is 4.58 Å². The number of hydrogen-bond donors (Lipinski definition) is 1. The Kier molecular flexibility index (Phi) is 4.52. The minimum absolute atomic E-state index is 0.0764. The van der Waals surface area contributed by atoms with Crippen LogP contribution in [0.25, 0.3) is 0 Å². The molecule has 0 heterocycles. The number of halogens is 2. The summed E-state index contributed by atoms with van der Waals surface area (Å²) in [6.45, 7) is 6.54. The first-order valence-electron chi connectivity index (χ1n) is 4.37. The molecule has 0 aliphatic heterocycles. The predicted octanol–water partition coefficient (Wildman–Crippen LogP) is 2.02. The summed E-state index contributed by atoms with van der Waals surface area (Å²) in [5, 5.41) is 9.59. The van der Waals surface area contributed by atoms with Gasteiger partial charge in [-0.3, -0.25) is 0 Å². The van der Waals surface area contributed by atoms with Crippen molar-refractivity contribution in [1.29, 1.82) is 0 Å². The lowest BCUT2D eigenvalue weighted by Gasteiger charge is -2.32. The number of rotatable bonds is 3. The van der Waals surface area contributed by atoms with E-state index in [2.05, 4.69) is 20.7 Å². The van der Waals surface area contributed by atoms with Gasteiger partial charge in [0.15, 0.2) is 0 Å². The van der Waals surface area contributed by atoms with Gasteiger partial charge in [-0.1, -0.05) is 20.8 Å². The number of aliphatic hydroxyl groups is 1. The van der Waals surface area contributed by atoms with Crippen LogP contribution in [0.2, 0.25) is 0 Å². The lowest BCUT2D eigenvalue weighted by molar-refractivity contribution is -0.159. The summed E-state index contributed by atoms with van der Waals surface area (Å²) in [4.78, 5) is 11.1. The van der Waals surface area contributed by atoms with Crippen molar-refractivity contribution in [1.82, 2.24) is 0 Å². The Labute approximate surface area is 91.8 Å². The molecule has 0 radical (unpaired) electrons. The monoisotopic (exact) mass is 270 g/mol. The molecule has 0 aliphatic carbocycles. The van der Waals surface area contributed by atoms with E-state index in [-0.39, 0.29) is 6.61 Å². The Hall–Kier alpha value is -0.160. The third kappa shape index (κ3) is 3.20. The van der Waals surface area contributed by atoms with Gasteiger partial charge in [-0.15, -0.1) is 0 Å². The third-order valence-corrected chi connectivity index (χ3v) is 2.47. The molecule has 0 rings (SSSR count). The lowest BCUT2D eigenvalue weighted by Crippen LogP contribution is -2.48. The van der Waals surface area contributed by atoms with Gasteiger partial charge in [0.05, 0.1) is 6.61 Å². The Morgan fingerprint density at radius 3 is 2.29 bits per heavy atom. The summed E-state index contributed by atoms with van der Waals surface area (Å²) >= 11 is 2.56. The van der Waals surface area contributed by atoms with E-state index in [1.807, 2.05) is 0 Å². The molecular formula is C9H16BrFO3. The smallest absolute Gasteiger partial charge is 0.357 e. The fourth-order valence-corrected chi connectivity index (χ4v) is 1.68. The van der Waals surface area contributed by atoms with E-state index in [9.17, 15) is 14.3 Å². The van der Waals surface area contributed by atoms with E-state index < -0.39 is 22.1 Å². The van der Waals surface area contributed by atoms with E-state index in [0.29, 0.717) is 0 Å². The average molecular weight is 271 g/mol. The third-order valence-electron chi connectivity index (χ3n) is 1.71. The fraction of sp³-hybridized carbons (Fsp3) is 0.889. The highest BCUT2D eigenvalue weighted by atomic mass is 79.9. The first-order valence-corrected chi connectivity index (χ1v) is 5.16. The normalized spacial score (nSPS) is 18.5. The number of esters is 1. The second-order valence-corrected chi connectivity index (χ2v) is 5.27. The maximum Gasteiger partial charge on any atom is 0.357 e. The van der Waals surface area contributed by atoms with Crippen molar-refractivity contribution < 1.29 is 19.0 Å². The molecule has 0 unspecified atom stereocenters. The van der Waals surface area contributed by atoms with Crippen LogP contribution < -0.4 is 0 Å². The number of alkyl halides is 2. The molecule has 0 amide bonds. The van der Waals surface area contributed by atoms with Gasteiger partial charge < -0.3 is 9.84 Å². The topological polar surface area (TPSA) is 46.5 Å². The van der Waals surface area contributed by atoms with Gasteiger partial charge in [-0.2, -0.15) is 0 Å². The second kappa shape index (κ2) is 4.57. The molecule has 0 aliphatic rings. The molecule has 0 bridgehead atoms. The molecular weight excluding hydrogens is 255 g/mol. The summed E-state index contributed by atoms with van der Waals surface area (Å²) in [7, 11) is 0. The van der Waals surface area contributed by atoms with Crippen LogP contribution in [0.5, 0.6) is 0 Å². The van der Waals surface area contributed by atoms with Crippen LogP contribution in [0.15, 0.2) is 0 Å². The molecule has 14 heavy (non-hydrogen) atoms. The molecule has 5 heteroatoms.